The molecule has 1 fully saturated rings. The molecule has 1 amide bonds. The molecule has 1 atom stereocenters. The minimum Gasteiger partial charge on any atom is -0.352 e. The average molecular weight is 336 g/mol. The van der Waals surface area contributed by atoms with E-state index in [-0.39, 0.29) is 5.91 Å². The fraction of sp³-hybridized carbons (Fsp3) is 0.533. The first kappa shape index (κ1) is 15.6. The lowest BCUT2D eigenvalue weighted by Gasteiger charge is -2.32. The van der Waals surface area contributed by atoms with Gasteiger partial charge in [0.05, 0.1) is 6.54 Å². The van der Waals surface area contributed by atoms with Crippen LogP contribution in [-0.2, 0) is 6.54 Å². The predicted molar refractivity (Wildman–Crippen MR) is 89.3 cm³/mol. The summed E-state index contributed by atoms with van der Waals surface area (Å²) in [6, 6.07) is 1.87. The summed E-state index contributed by atoms with van der Waals surface area (Å²) in [4.78, 5) is 14.4. The van der Waals surface area contributed by atoms with E-state index in [0.29, 0.717) is 5.92 Å². The summed E-state index contributed by atoms with van der Waals surface area (Å²) < 4.78 is 0. The second kappa shape index (κ2) is 7.30. The number of rotatable bonds is 5. The average Bonchev–Trinajstić information content (AvgIpc) is 3.17. The van der Waals surface area contributed by atoms with Crippen LogP contribution < -0.4 is 5.32 Å². The highest BCUT2D eigenvalue weighted by Gasteiger charge is 2.21. The van der Waals surface area contributed by atoms with Gasteiger partial charge in [-0.25, -0.2) is 0 Å². The molecule has 7 heteroatoms. The molecule has 3 heterocycles. The van der Waals surface area contributed by atoms with Crippen molar-refractivity contribution in [2.24, 2.45) is 5.92 Å². The van der Waals surface area contributed by atoms with E-state index in [2.05, 4.69) is 20.4 Å². The summed E-state index contributed by atoms with van der Waals surface area (Å²) in [5.41, 5.74) is 0.766. The summed E-state index contributed by atoms with van der Waals surface area (Å²) in [5, 5.41) is 17.3. The Kier molecular flexibility index (Phi) is 5.17. The molecular weight excluding hydrogens is 316 g/mol. The molecule has 1 N–H and O–H groups in total. The highest BCUT2D eigenvalue weighted by atomic mass is 32.1. The van der Waals surface area contributed by atoms with Crippen LogP contribution in [0.5, 0.6) is 0 Å². The van der Waals surface area contributed by atoms with E-state index in [1.54, 1.807) is 22.7 Å². The topological polar surface area (TPSA) is 58.1 Å². The van der Waals surface area contributed by atoms with Crippen LogP contribution in [0.3, 0.4) is 0 Å². The molecule has 2 aromatic heterocycles. The molecule has 22 heavy (non-hydrogen) atoms. The number of hydrogen-bond donors (Lipinski definition) is 1. The predicted octanol–water partition coefficient (Wildman–Crippen LogP) is 2.55. The lowest BCUT2D eigenvalue weighted by Crippen LogP contribution is -2.40. The molecule has 5 nitrogen and oxygen atoms in total. The van der Waals surface area contributed by atoms with Crippen molar-refractivity contribution in [3.63, 3.8) is 0 Å². The molecule has 1 aliphatic rings. The van der Waals surface area contributed by atoms with E-state index >= 15 is 0 Å². The molecule has 3 rings (SSSR count). The summed E-state index contributed by atoms with van der Waals surface area (Å²) in [6.07, 6.45) is 2.35. The quantitative estimate of drug-likeness (QED) is 0.912. The van der Waals surface area contributed by atoms with E-state index in [1.807, 2.05) is 23.8 Å². The zero-order valence-electron chi connectivity index (χ0n) is 12.6. The third-order valence-electron chi connectivity index (χ3n) is 3.86. The second-order valence-electron chi connectivity index (χ2n) is 5.68. The maximum Gasteiger partial charge on any atom is 0.252 e. The maximum absolute atomic E-state index is 12.0. The molecule has 118 valence electrons. The number of hydrogen-bond acceptors (Lipinski definition) is 6. The number of carbonyl (C=O) groups is 1. The standard InChI is InChI=1S/C15H20N4OS2/c1-11-17-18-14(22-11)9-19-5-2-3-12(8-19)7-16-15(20)13-4-6-21-10-13/h4,6,10,12H,2-3,5,7-9H2,1H3,(H,16,20). The van der Waals surface area contributed by atoms with Crippen molar-refractivity contribution in [1.29, 1.82) is 0 Å². The normalized spacial score (nSPS) is 19.2. The Labute approximate surface area is 138 Å². The summed E-state index contributed by atoms with van der Waals surface area (Å²) in [6.45, 7) is 5.73. The minimum absolute atomic E-state index is 0.0399. The van der Waals surface area contributed by atoms with E-state index < -0.39 is 0 Å². The number of nitrogens with zero attached hydrogens (tertiary/aromatic N) is 3. The van der Waals surface area contributed by atoms with Gasteiger partial charge in [0.2, 0.25) is 0 Å². The van der Waals surface area contributed by atoms with Crippen LogP contribution in [0.4, 0.5) is 0 Å². The van der Waals surface area contributed by atoms with Crippen LogP contribution in [0.15, 0.2) is 16.8 Å². The Morgan fingerprint density at radius 2 is 2.41 bits per heavy atom. The van der Waals surface area contributed by atoms with Crippen molar-refractivity contribution in [2.75, 3.05) is 19.6 Å². The van der Waals surface area contributed by atoms with Crippen molar-refractivity contribution >= 4 is 28.6 Å². The van der Waals surface area contributed by atoms with Gasteiger partial charge in [-0.2, -0.15) is 11.3 Å². The van der Waals surface area contributed by atoms with Gasteiger partial charge >= 0.3 is 0 Å². The SMILES string of the molecule is Cc1nnc(CN2CCCC(CNC(=O)c3ccsc3)C2)s1. The molecule has 1 unspecified atom stereocenters. The summed E-state index contributed by atoms with van der Waals surface area (Å²) >= 11 is 3.22. The molecule has 0 aliphatic carbocycles. The van der Waals surface area contributed by atoms with Crippen LogP contribution in [0.25, 0.3) is 0 Å². The Hall–Kier alpha value is -1.31. The van der Waals surface area contributed by atoms with Gasteiger partial charge in [0.15, 0.2) is 0 Å². The Balaban J connectivity index is 1.47. The van der Waals surface area contributed by atoms with Gasteiger partial charge in [-0.1, -0.05) is 0 Å². The molecule has 2 aromatic rings. The second-order valence-corrected chi connectivity index (χ2v) is 7.73. The minimum atomic E-state index is 0.0399. The molecule has 0 spiro atoms. The molecule has 1 aliphatic heterocycles. The molecule has 0 saturated carbocycles. The smallest absolute Gasteiger partial charge is 0.252 e. The zero-order chi connectivity index (χ0) is 15.4. The first-order valence-corrected chi connectivity index (χ1v) is 9.28. The molecule has 0 bridgehead atoms. The van der Waals surface area contributed by atoms with Crippen LogP contribution >= 0.6 is 22.7 Å². The van der Waals surface area contributed by atoms with Crippen LogP contribution in [0, 0.1) is 12.8 Å². The third kappa shape index (κ3) is 4.12. The monoisotopic (exact) mass is 336 g/mol. The lowest BCUT2D eigenvalue weighted by molar-refractivity contribution is 0.0931. The third-order valence-corrected chi connectivity index (χ3v) is 5.37. The van der Waals surface area contributed by atoms with Crippen molar-refractivity contribution in [2.45, 2.75) is 26.3 Å². The zero-order valence-corrected chi connectivity index (χ0v) is 14.3. The largest absolute Gasteiger partial charge is 0.352 e. The number of amides is 1. The van der Waals surface area contributed by atoms with Crippen molar-refractivity contribution in [3.8, 4) is 0 Å². The van der Waals surface area contributed by atoms with Gasteiger partial charge in [-0.05, 0) is 43.7 Å². The fourth-order valence-corrected chi connectivity index (χ4v) is 4.17. The molecular formula is C15H20N4OS2. The van der Waals surface area contributed by atoms with Gasteiger partial charge in [0.25, 0.3) is 5.91 Å². The van der Waals surface area contributed by atoms with Crippen molar-refractivity contribution < 1.29 is 4.79 Å². The highest BCUT2D eigenvalue weighted by molar-refractivity contribution is 7.11. The van der Waals surface area contributed by atoms with Crippen LogP contribution in [0.2, 0.25) is 0 Å². The van der Waals surface area contributed by atoms with Gasteiger partial charge in [-0.15, -0.1) is 21.5 Å². The first-order chi connectivity index (χ1) is 10.7. The Bertz CT molecular complexity index is 611. The number of aromatic nitrogens is 2. The Morgan fingerprint density at radius 3 is 3.14 bits per heavy atom. The van der Waals surface area contributed by atoms with Gasteiger partial charge in [-0.3, -0.25) is 9.69 Å². The van der Waals surface area contributed by atoms with Crippen LogP contribution in [0.1, 0.15) is 33.2 Å². The maximum atomic E-state index is 12.0. The van der Waals surface area contributed by atoms with Crippen molar-refractivity contribution in [1.82, 2.24) is 20.4 Å². The highest BCUT2D eigenvalue weighted by Crippen LogP contribution is 2.19. The van der Waals surface area contributed by atoms with Gasteiger partial charge < -0.3 is 5.32 Å². The van der Waals surface area contributed by atoms with Gasteiger partial charge in [0.1, 0.15) is 10.0 Å². The van der Waals surface area contributed by atoms with E-state index in [1.165, 1.54) is 12.8 Å². The van der Waals surface area contributed by atoms with Gasteiger partial charge in [0, 0.05) is 24.0 Å². The van der Waals surface area contributed by atoms with E-state index in [9.17, 15) is 4.79 Å². The number of aryl methyl sites for hydroxylation is 1. The lowest BCUT2D eigenvalue weighted by atomic mass is 9.98. The Morgan fingerprint density at radius 1 is 1.50 bits per heavy atom. The summed E-state index contributed by atoms with van der Waals surface area (Å²) in [5.74, 6) is 0.559. The van der Waals surface area contributed by atoms with Crippen molar-refractivity contribution in [3.05, 3.63) is 32.4 Å². The first-order valence-electron chi connectivity index (χ1n) is 7.52. The number of likely N-dealkylation sites (tertiary alicyclic amines) is 1. The fourth-order valence-electron chi connectivity index (χ4n) is 2.79. The molecule has 1 saturated heterocycles. The number of thiophene rings is 1. The number of piperidine rings is 1. The summed E-state index contributed by atoms with van der Waals surface area (Å²) in [7, 11) is 0. The molecule has 0 aromatic carbocycles. The van der Waals surface area contributed by atoms with E-state index in [0.717, 1.165) is 41.8 Å². The van der Waals surface area contributed by atoms with Crippen LogP contribution in [-0.4, -0.2) is 40.6 Å². The number of carbonyl (C=O) groups excluding carboxylic acids is 1. The molecule has 0 radical (unpaired) electrons. The van der Waals surface area contributed by atoms with E-state index in [4.69, 9.17) is 0 Å². The number of nitrogens with one attached hydrogen (secondary N) is 1.